The molecule has 20 heavy (non-hydrogen) atoms. The minimum atomic E-state index is -0.192. The van der Waals surface area contributed by atoms with Crippen LogP contribution in [0.5, 0.6) is 0 Å². The van der Waals surface area contributed by atoms with Gasteiger partial charge in [-0.3, -0.25) is 0 Å². The summed E-state index contributed by atoms with van der Waals surface area (Å²) in [5.74, 6) is 1.60. The Bertz CT molecular complexity index is 406. The first kappa shape index (κ1) is 16.4. The molecule has 0 saturated carbocycles. The van der Waals surface area contributed by atoms with Crippen LogP contribution in [0, 0.1) is 0 Å². The Morgan fingerprint density at radius 1 is 1.40 bits per heavy atom. The zero-order chi connectivity index (χ0) is 15.0. The fourth-order valence-electron chi connectivity index (χ4n) is 1.61. The molecule has 1 unspecified atom stereocenters. The summed E-state index contributed by atoms with van der Waals surface area (Å²) in [4.78, 5) is 15.8. The van der Waals surface area contributed by atoms with E-state index in [1.807, 2.05) is 20.8 Å². The first-order chi connectivity index (χ1) is 9.52. The molecular weight excluding hydrogens is 260 g/mol. The maximum atomic E-state index is 11.5. The summed E-state index contributed by atoms with van der Waals surface area (Å²) >= 11 is 0. The number of nitrogens with zero attached hydrogens (tertiary/aromatic N) is 2. The topological polar surface area (TPSA) is 89.3 Å². The molecule has 1 aromatic heterocycles. The van der Waals surface area contributed by atoms with Gasteiger partial charge in [0.15, 0.2) is 5.82 Å². The summed E-state index contributed by atoms with van der Waals surface area (Å²) in [6, 6.07) is -0.201. The van der Waals surface area contributed by atoms with Gasteiger partial charge in [-0.2, -0.15) is 4.98 Å². The van der Waals surface area contributed by atoms with Gasteiger partial charge in [0.05, 0.1) is 12.6 Å². The van der Waals surface area contributed by atoms with Crippen LogP contribution in [0.3, 0.4) is 0 Å². The lowest BCUT2D eigenvalue weighted by Gasteiger charge is -2.13. The number of methoxy groups -OCH3 is 1. The smallest absolute Gasteiger partial charge is 0.315 e. The lowest BCUT2D eigenvalue weighted by molar-refractivity contribution is 0.171. The third-order valence-corrected chi connectivity index (χ3v) is 2.65. The van der Waals surface area contributed by atoms with Crippen molar-refractivity contribution < 1.29 is 14.1 Å². The highest BCUT2D eigenvalue weighted by atomic mass is 16.5. The van der Waals surface area contributed by atoms with Crippen molar-refractivity contribution in [2.45, 2.75) is 45.6 Å². The van der Waals surface area contributed by atoms with Gasteiger partial charge < -0.3 is 19.9 Å². The maximum Gasteiger partial charge on any atom is 0.315 e. The molecule has 1 atom stereocenters. The van der Waals surface area contributed by atoms with Crippen molar-refractivity contribution in [2.24, 2.45) is 0 Å². The number of hydrogen-bond acceptors (Lipinski definition) is 5. The van der Waals surface area contributed by atoms with Crippen LogP contribution in [0.2, 0.25) is 0 Å². The standard InChI is InChI=1S/C13H24N4O3/c1-9(2)12-16-11(20-17-12)6-5-7-14-13(18)15-10(3)8-19-4/h9-10H,5-8H2,1-4H3,(H2,14,15,18). The summed E-state index contributed by atoms with van der Waals surface area (Å²) in [7, 11) is 1.60. The molecule has 0 radical (unpaired) electrons. The number of amides is 2. The Labute approximate surface area is 119 Å². The van der Waals surface area contributed by atoms with Gasteiger partial charge in [0.2, 0.25) is 5.89 Å². The first-order valence-electron chi connectivity index (χ1n) is 6.88. The van der Waals surface area contributed by atoms with E-state index in [0.717, 1.165) is 12.2 Å². The summed E-state index contributed by atoms with van der Waals surface area (Å²) in [6.45, 7) is 6.97. The van der Waals surface area contributed by atoms with E-state index in [0.29, 0.717) is 25.5 Å². The minimum Gasteiger partial charge on any atom is -0.383 e. The molecule has 0 aromatic carbocycles. The molecule has 2 N–H and O–H groups in total. The Kier molecular flexibility index (Phi) is 7.00. The van der Waals surface area contributed by atoms with E-state index in [4.69, 9.17) is 9.26 Å². The van der Waals surface area contributed by atoms with Crippen molar-refractivity contribution in [1.29, 1.82) is 0 Å². The largest absolute Gasteiger partial charge is 0.383 e. The summed E-state index contributed by atoms with van der Waals surface area (Å²) in [5, 5.41) is 9.44. The van der Waals surface area contributed by atoms with Crippen LogP contribution in [0.25, 0.3) is 0 Å². The zero-order valence-electron chi connectivity index (χ0n) is 12.6. The Balaban J connectivity index is 2.16. The molecular formula is C13H24N4O3. The number of urea groups is 1. The summed E-state index contributed by atoms with van der Waals surface area (Å²) < 4.78 is 10.1. The highest BCUT2D eigenvalue weighted by molar-refractivity contribution is 5.74. The molecule has 0 spiro atoms. The van der Waals surface area contributed by atoms with Crippen molar-refractivity contribution in [3.05, 3.63) is 11.7 Å². The number of carbonyl (C=O) groups excluding carboxylic acids is 1. The second-order valence-corrected chi connectivity index (χ2v) is 5.06. The maximum absolute atomic E-state index is 11.5. The van der Waals surface area contributed by atoms with Gasteiger partial charge in [0.25, 0.3) is 0 Å². The van der Waals surface area contributed by atoms with Gasteiger partial charge in [0.1, 0.15) is 0 Å². The summed E-state index contributed by atoms with van der Waals surface area (Å²) in [6.07, 6.45) is 1.42. The molecule has 7 nitrogen and oxygen atoms in total. The van der Waals surface area contributed by atoms with E-state index in [9.17, 15) is 4.79 Å². The van der Waals surface area contributed by atoms with Gasteiger partial charge in [-0.25, -0.2) is 4.79 Å². The normalized spacial score (nSPS) is 12.4. The lowest BCUT2D eigenvalue weighted by atomic mass is 10.2. The lowest BCUT2D eigenvalue weighted by Crippen LogP contribution is -2.42. The molecule has 0 aliphatic carbocycles. The Hall–Kier alpha value is -1.63. The van der Waals surface area contributed by atoms with Crippen molar-refractivity contribution in [2.75, 3.05) is 20.3 Å². The van der Waals surface area contributed by atoms with Crippen LogP contribution in [-0.4, -0.2) is 42.5 Å². The number of hydrogen-bond donors (Lipinski definition) is 2. The van der Waals surface area contributed by atoms with E-state index in [2.05, 4.69) is 20.8 Å². The predicted octanol–water partition coefficient (Wildman–Crippen LogP) is 1.46. The molecule has 7 heteroatoms. The van der Waals surface area contributed by atoms with Crippen LogP contribution in [0.4, 0.5) is 4.79 Å². The van der Waals surface area contributed by atoms with Gasteiger partial charge >= 0.3 is 6.03 Å². The van der Waals surface area contributed by atoms with Crippen LogP contribution >= 0.6 is 0 Å². The van der Waals surface area contributed by atoms with Crippen LogP contribution in [-0.2, 0) is 11.2 Å². The van der Waals surface area contributed by atoms with Gasteiger partial charge in [-0.05, 0) is 13.3 Å². The third-order valence-electron chi connectivity index (χ3n) is 2.65. The summed E-state index contributed by atoms with van der Waals surface area (Å²) in [5.41, 5.74) is 0. The van der Waals surface area contributed by atoms with Gasteiger partial charge in [-0.1, -0.05) is 19.0 Å². The number of carbonyl (C=O) groups is 1. The van der Waals surface area contributed by atoms with Crippen LogP contribution < -0.4 is 10.6 Å². The van der Waals surface area contributed by atoms with E-state index in [1.165, 1.54) is 0 Å². The van der Waals surface area contributed by atoms with E-state index < -0.39 is 0 Å². The SMILES string of the molecule is COCC(C)NC(=O)NCCCc1nc(C(C)C)no1. The molecule has 0 aliphatic heterocycles. The van der Waals surface area contributed by atoms with E-state index >= 15 is 0 Å². The fraction of sp³-hybridized carbons (Fsp3) is 0.769. The van der Waals surface area contributed by atoms with Crippen molar-refractivity contribution >= 4 is 6.03 Å². The molecule has 0 bridgehead atoms. The molecule has 0 saturated heterocycles. The van der Waals surface area contributed by atoms with Crippen LogP contribution in [0.15, 0.2) is 4.52 Å². The average Bonchev–Trinajstić information content (AvgIpc) is 2.83. The van der Waals surface area contributed by atoms with E-state index in [-0.39, 0.29) is 18.0 Å². The van der Waals surface area contributed by atoms with Gasteiger partial charge in [-0.15, -0.1) is 0 Å². The van der Waals surface area contributed by atoms with Crippen molar-refractivity contribution in [1.82, 2.24) is 20.8 Å². The highest BCUT2D eigenvalue weighted by Crippen LogP contribution is 2.10. The van der Waals surface area contributed by atoms with Crippen molar-refractivity contribution in [3.63, 3.8) is 0 Å². The average molecular weight is 284 g/mol. The first-order valence-corrected chi connectivity index (χ1v) is 6.88. The zero-order valence-corrected chi connectivity index (χ0v) is 12.6. The Morgan fingerprint density at radius 3 is 2.75 bits per heavy atom. The molecule has 1 heterocycles. The fourth-order valence-corrected chi connectivity index (χ4v) is 1.61. The number of rotatable bonds is 8. The molecule has 0 fully saturated rings. The third kappa shape index (κ3) is 6.01. The predicted molar refractivity (Wildman–Crippen MR) is 74.6 cm³/mol. The molecule has 1 aromatic rings. The quantitative estimate of drug-likeness (QED) is 0.705. The number of aryl methyl sites for hydroxylation is 1. The number of aromatic nitrogens is 2. The van der Waals surface area contributed by atoms with Crippen molar-refractivity contribution in [3.8, 4) is 0 Å². The van der Waals surface area contributed by atoms with Gasteiger partial charge in [0, 0.05) is 26.0 Å². The highest BCUT2D eigenvalue weighted by Gasteiger charge is 2.10. The number of nitrogens with one attached hydrogen (secondary N) is 2. The molecule has 1 rings (SSSR count). The second-order valence-electron chi connectivity index (χ2n) is 5.06. The van der Waals surface area contributed by atoms with Crippen LogP contribution in [0.1, 0.15) is 44.8 Å². The molecule has 114 valence electrons. The Morgan fingerprint density at radius 2 is 2.15 bits per heavy atom. The molecule has 2 amide bonds. The van der Waals surface area contributed by atoms with E-state index in [1.54, 1.807) is 7.11 Å². The second kappa shape index (κ2) is 8.52. The minimum absolute atomic E-state index is 0.00968. The monoisotopic (exact) mass is 284 g/mol. The number of ether oxygens (including phenoxy) is 1. The molecule has 0 aliphatic rings.